The molecule has 0 spiro atoms. The van der Waals surface area contributed by atoms with Gasteiger partial charge in [0.15, 0.2) is 6.54 Å². The Morgan fingerprint density at radius 1 is 1.06 bits per heavy atom. The number of benzene rings is 3. The molecule has 1 aromatic heterocycles. The number of aryl methyl sites for hydroxylation is 1. The minimum Gasteiger partial charge on any atom is -0.496 e. The quantitative estimate of drug-likeness (QED) is 0.103. The van der Waals surface area contributed by atoms with E-state index in [1.54, 1.807) is 0 Å². The van der Waals surface area contributed by atoms with Crippen LogP contribution in [-0.4, -0.2) is 55.7 Å². The summed E-state index contributed by atoms with van der Waals surface area (Å²) in [4.78, 5) is 2.82. The molecule has 0 saturated heterocycles. The second kappa shape index (κ2) is 14.8. The van der Waals surface area contributed by atoms with Gasteiger partial charge in [0, 0.05) is 35.6 Å². The number of aliphatic hydroxyl groups is 1. The average molecular weight is 716 g/mol. The van der Waals surface area contributed by atoms with E-state index in [0.717, 1.165) is 37.8 Å². The van der Waals surface area contributed by atoms with Crippen LogP contribution in [-0.2, 0) is 33.4 Å². The fraction of sp³-hybridized carbons (Fsp3) is 0.324. The fourth-order valence-electron chi connectivity index (χ4n) is 5.50. The van der Waals surface area contributed by atoms with Gasteiger partial charge in [-0.3, -0.25) is 9.11 Å². The third kappa shape index (κ3) is 8.31. The van der Waals surface area contributed by atoms with Crippen LogP contribution in [0.4, 0.5) is 5.69 Å². The highest BCUT2D eigenvalue weighted by Gasteiger charge is 2.29. The number of allylic oxidation sites excluding steroid dienone is 2. The fourth-order valence-corrected chi connectivity index (χ4v) is 7.61. The summed E-state index contributed by atoms with van der Waals surface area (Å²) in [6.45, 7) is 3.80. The molecule has 14 heteroatoms. The molecule has 2 heterocycles. The van der Waals surface area contributed by atoms with Gasteiger partial charge in [-0.15, -0.1) is 0 Å². The zero-order valence-corrected chi connectivity index (χ0v) is 29.3. The molecule has 0 fully saturated rings. The maximum Gasteiger partial charge on any atom is 0.374 e. The maximum atomic E-state index is 11.9. The van der Waals surface area contributed by atoms with Crippen molar-refractivity contribution in [1.82, 2.24) is 0 Å². The Hall–Kier alpha value is -3.66. The molecule has 0 saturated carbocycles. The van der Waals surface area contributed by atoms with Gasteiger partial charge >= 0.3 is 5.89 Å². The van der Waals surface area contributed by atoms with E-state index in [2.05, 4.69) is 0 Å². The van der Waals surface area contributed by atoms with Crippen LogP contribution in [0.1, 0.15) is 44.6 Å². The number of aliphatic hydroxyl groups excluding tert-OH is 1. The molecule has 0 amide bonds. The van der Waals surface area contributed by atoms with Crippen molar-refractivity contribution in [2.45, 2.75) is 56.4 Å². The maximum absolute atomic E-state index is 11.9. The van der Waals surface area contributed by atoms with Crippen molar-refractivity contribution in [3.63, 3.8) is 0 Å². The van der Waals surface area contributed by atoms with E-state index in [1.807, 2.05) is 89.2 Å². The smallest absolute Gasteiger partial charge is 0.374 e. The van der Waals surface area contributed by atoms with Gasteiger partial charge in [-0.1, -0.05) is 55.1 Å². The van der Waals surface area contributed by atoms with Crippen molar-refractivity contribution in [3.8, 4) is 16.9 Å². The van der Waals surface area contributed by atoms with E-state index in [-0.39, 0.29) is 26.0 Å². The first-order chi connectivity index (χ1) is 22.8. The highest BCUT2D eigenvalue weighted by atomic mass is 32.2. The second-order valence-corrected chi connectivity index (χ2v) is 16.0. The Morgan fingerprint density at radius 2 is 1.81 bits per heavy atom. The normalized spacial score (nSPS) is 15.3. The van der Waals surface area contributed by atoms with E-state index >= 15 is 0 Å². The molecule has 3 aromatic carbocycles. The van der Waals surface area contributed by atoms with Crippen LogP contribution in [0.2, 0.25) is 0 Å². The molecule has 11 nitrogen and oxygen atoms in total. The number of ether oxygens (including phenoxy) is 1. The van der Waals surface area contributed by atoms with Gasteiger partial charge in [-0.25, -0.2) is 0 Å². The van der Waals surface area contributed by atoms with Crippen molar-refractivity contribution in [2.75, 3.05) is 24.3 Å². The molecule has 1 unspecified atom stereocenters. The molecule has 0 bridgehead atoms. The average Bonchev–Trinajstić information content (AvgIpc) is 3.57. The third-order valence-corrected chi connectivity index (χ3v) is 11.4. The number of fused-ring (bicyclic) bond motifs is 2. The van der Waals surface area contributed by atoms with Crippen LogP contribution in [0.3, 0.4) is 0 Å². The third-order valence-electron chi connectivity index (χ3n) is 8.22. The molecule has 48 heavy (non-hydrogen) atoms. The van der Waals surface area contributed by atoms with E-state index < -0.39 is 31.2 Å². The minimum atomic E-state index is -4.23. The first-order valence-corrected chi connectivity index (χ1v) is 19.4. The number of nitrogens with zero attached hydrogens (tertiary/aromatic N) is 2. The largest absolute Gasteiger partial charge is 0.496 e. The van der Waals surface area contributed by atoms with Gasteiger partial charge < -0.3 is 19.2 Å². The van der Waals surface area contributed by atoms with Gasteiger partial charge in [0.2, 0.25) is 5.58 Å². The van der Waals surface area contributed by atoms with E-state index in [9.17, 15) is 31.0 Å². The molecule has 1 aliphatic heterocycles. The summed E-state index contributed by atoms with van der Waals surface area (Å²) in [5.74, 6) is 0.598. The Kier molecular flexibility index (Phi) is 11.0. The Labute approximate surface area is 285 Å². The van der Waals surface area contributed by atoms with Crippen LogP contribution >= 0.6 is 11.8 Å². The summed E-state index contributed by atoms with van der Waals surface area (Å²) in [5, 5.41) is 9.72. The van der Waals surface area contributed by atoms with Gasteiger partial charge in [0.05, 0.1) is 41.5 Å². The summed E-state index contributed by atoms with van der Waals surface area (Å²) in [6, 6.07) is 19.4. The second-order valence-electron chi connectivity index (χ2n) is 11.5. The van der Waals surface area contributed by atoms with Crippen LogP contribution in [0.25, 0.3) is 28.3 Å². The van der Waals surface area contributed by atoms with Crippen molar-refractivity contribution in [1.29, 1.82) is 0 Å². The van der Waals surface area contributed by atoms with E-state index in [1.165, 1.54) is 25.8 Å². The van der Waals surface area contributed by atoms with Crippen LogP contribution < -0.4 is 14.2 Å². The molecule has 0 aliphatic carbocycles. The molecule has 256 valence electrons. The lowest BCUT2D eigenvalue weighted by Gasteiger charge is -2.21. The number of oxazole rings is 1. The topological polar surface area (TPSA) is 158 Å². The summed E-state index contributed by atoms with van der Waals surface area (Å²) in [7, 11) is -6.87. The first kappa shape index (κ1) is 35.6. The molecule has 3 N–H and O–H groups in total. The zero-order chi connectivity index (χ0) is 34.6. The number of rotatable bonds is 14. The standard InChI is InChI=1S/C34H38N2O9S3/c1-4-24(18-34-36(14-8-16-47(38,39)40)29-21-31(44-3)27(22-37)20-32(29)46-34)17-33-35(15-13-23(2)48(41,42)43)28-19-26(11-12-30(28)45-33)25-9-6-5-7-10-25/h5-7,9-12,17-21,23,37H,4,8,13-16,22H2,1-3H3,(H-,38,39,40,41,42,43)/p+1. The number of anilines is 1. The van der Waals surface area contributed by atoms with E-state index in [0.29, 0.717) is 35.8 Å². The van der Waals surface area contributed by atoms with E-state index in [4.69, 9.17) is 9.15 Å². The van der Waals surface area contributed by atoms with Crippen molar-refractivity contribution in [3.05, 3.63) is 88.8 Å². The summed E-state index contributed by atoms with van der Waals surface area (Å²) < 4.78 is 79.5. The van der Waals surface area contributed by atoms with Gasteiger partial charge in [-0.05, 0) is 54.7 Å². The monoisotopic (exact) mass is 715 g/mol. The van der Waals surface area contributed by atoms with Crippen LogP contribution in [0.5, 0.6) is 5.75 Å². The van der Waals surface area contributed by atoms with Crippen molar-refractivity contribution in [2.24, 2.45) is 0 Å². The molecule has 5 rings (SSSR count). The lowest BCUT2D eigenvalue weighted by molar-refractivity contribution is -0.678. The minimum absolute atomic E-state index is 0.152. The summed E-state index contributed by atoms with van der Waals surface area (Å²) >= 11 is 1.47. The number of methoxy groups -OCH3 is 1. The lowest BCUT2D eigenvalue weighted by atomic mass is 10.1. The van der Waals surface area contributed by atoms with Crippen LogP contribution in [0, 0.1) is 0 Å². The van der Waals surface area contributed by atoms with Gasteiger partial charge in [0.25, 0.3) is 25.8 Å². The molecular formula is C34H39N2O9S3+. The summed E-state index contributed by atoms with van der Waals surface area (Å²) in [6.07, 6.45) is 4.80. The van der Waals surface area contributed by atoms with Gasteiger partial charge in [-0.2, -0.15) is 21.4 Å². The highest BCUT2D eigenvalue weighted by Crippen LogP contribution is 2.49. The SMILES string of the molecule is CCC(=Cc1oc2ccc(-c3ccccc3)cc2[n+]1CCC(C)S(=O)(=O)O)/C=C1\Sc2cc(CO)c(OC)cc2N1CCCS(=O)(=O)O. The number of aromatic nitrogens is 1. The number of hydrogen-bond donors (Lipinski definition) is 3. The van der Waals surface area contributed by atoms with Crippen LogP contribution in [0.15, 0.2) is 86.7 Å². The molecule has 0 radical (unpaired) electrons. The van der Waals surface area contributed by atoms with Crippen molar-refractivity contribution >= 4 is 54.9 Å². The zero-order valence-electron chi connectivity index (χ0n) is 26.9. The number of thioether (sulfide) groups is 1. The Balaban J connectivity index is 1.58. The predicted molar refractivity (Wildman–Crippen MR) is 187 cm³/mol. The molecular weight excluding hydrogens is 677 g/mol. The predicted octanol–water partition coefficient (Wildman–Crippen LogP) is 6.08. The lowest BCUT2D eigenvalue weighted by Crippen LogP contribution is -2.37. The summed E-state index contributed by atoms with van der Waals surface area (Å²) in [5.41, 5.74) is 5.64. The first-order valence-electron chi connectivity index (χ1n) is 15.4. The van der Waals surface area contributed by atoms with Crippen molar-refractivity contribution < 1.29 is 44.8 Å². The van der Waals surface area contributed by atoms with Gasteiger partial charge in [0.1, 0.15) is 5.75 Å². The Bertz CT molecular complexity index is 2070. The molecule has 4 aromatic rings. The Morgan fingerprint density at radius 3 is 2.46 bits per heavy atom. The highest BCUT2D eigenvalue weighted by molar-refractivity contribution is 8.03. The number of hydrogen-bond acceptors (Lipinski definition) is 9. The molecule has 1 aliphatic rings. The molecule has 1 atom stereocenters.